The molecule has 33 heavy (non-hydrogen) atoms. The van der Waals surface area contributed by atoms with Crippen molar-refractivity contribution < 1.29 is 21.6 Å². The topological polar surface area (TPSA) is 114 Å². The number of aryl methyl sites for hydroxylation is 1. The third kappa shape index (κ3) is 4.78. The SMILES string of the molecule is Cc1c(Cl)ccc2sc(NC(=O)C3CCN(S(=O)(=O)c4ccccc4S(C)(=O)=O)CC3)nc12. The number of carbonyl (C=O) groups is 1. The van der Waals surface area contributed by atoms with Crippen molar-refractivity contribution in [2.24, 2.45) is 5.92 Å². The molecular weight excluding hydrogens is 506 g/mol. The molecule has 1 saturated heterocycles. The van der Waals surface area contributed by atoms with Crippen molar-refractivity contribution >= 4 is 64.1 Å². The molecule has 2 aromatic carbocycles. The van der Waals surface area contributed by atoms with E-state index in [2.05, 4.69) is 10.3 Å². The molecule has 0 spiro atoms. The molecule has 1 aliphatic rings. The van der Waals surface area contributed by atoms with Gasteiger partial charge in [-0.15, -0.1) is 0 Å². The van der Waals surface area contributed by atoms with Gasteiger partial charge in [0.1, 0.15) is 4.90 Å². The summed E-state index contributed by atoms with van der Waals surface area (Å²) < 4.78 is 52.5. The molecule has 8 nitrogen and oxygen atoms in total. The number of anilines is 1. The van der Waals surface area contributed by atoms with E-state index in [1.54, 1.807) is 6.07 Å². The van der Waals surface area contributed by atoms with Gasteiger partial charge in [0.25, 0.3) is 0 Å². The number of halogens is 1. The summed E-state index contributed by atoms with van der Waals surface area (Å²) in [6, 6.07) is 9.22. The van der Waals surface area contributed by atoms with Crippen LogP contribution in [-0.2, 0) is 24.7 Å². The fraction of sp³-hybridized carbons (Fsp3) is 0.333. The van der Waals surface area contributed by atoms with Crippen LogP contribution < -0.4 is 5.32 Å². The molecule has 0 bridgehead atoms. The number of sulfonamides is 1. The number of rotatable bonds is 5. The normalized spacial score (nSPS) is 16.2. The smallest absolute Gasteiger partial charge is 0.244 e. The predicted octanol–water partition coefficient (Wildman–Crippen LogP) is 3.70. The zero-order valence-electron chi connectivity index (χ0n) is 17.9. The van der Waals surface area contributed by atoms with Gasteiger partial charge in [0, 0.05) is 30.3 Å². The van der Waals surface area contributed by atoms with E-state index in [9.17, 15) is 21.6 Å². The standard InChI is InChI=1S/C21H22ClN3O5S3/c1-13-15(22)7-8-16-19(13)23-21(31-16)24-20(26)14-9-11-25(12-10-14)33(29,30)18-6-4-3-5-17(18)32(2,27)28/h3-8,14H,9-12H2,1-2H3,(H,23,24,26). The maximum Gasteiger partial charge on any atom is 0.244 e. The number of hydrogen-bond acceptors (Lipinski definition) is 7. The molecule has 176 valence electrons. The molecule has 0 unspecified atom stereocenters. The second kappa shape index (κ2) is 8.95. The zero-order chi connectivity index (χ0) is 24.0. The number of sulfone groups is 1. The van der Waals surface area contributed by atoms with Crippen LogP contribution in [0.4, 0.5) is 5.13 Å². The van der Waals surface area contributed by atoms with Crippen LogP contribution in [0.15, 0.2) is 46.2 Å². The zero-order valence-corrected chi connectivity index (χ0v) is 21.1. The van der Waals surface area contributed by atoms with E-state index >= 15 is 0 Å². The van der Waals surface area contributed by atoms with Crippen LogP contribution in [0.1, 0.15) is 18.4 Å². The molecule has 12 heteroatoms. The second-order valence-electron chi connectivity index (χ2n) is 7.92. The Morgan fingerprint density at radius 3 is 2.36 bits per heavy atom. The van der Waals surface area contributed by atoms with Gasteiger partial charge in [-0.3, -0.25) is 4.79 Å². The average Bonchev–Trinajstić information content (AvgIpc) is 3.19. The molecule has 1 N–H and O–H groups in total. The Morgan fingerprint density at radius 1 is 1.09 bits per heavy atom. The van der Waals surface area contributed by atoms with E-state index in [0.29, 0.717) is 23.0 Å². The molecule has 1 fully saturated rings. The van der Waals surface area contributed by atoms with E-state index in [1.807, 2.05) is 13.0 Å². The fourth-order valence-corrected chi connectivity index (χ4v) is 7.98. The van der Waals surface area contributed by atoms with E-state index in [1.165, 1.54) is 39.9 Å². The molecule has 3 aromatic rings. The predicted molar refractivity (Wildman–Crippen MR) is 129 cm³/mol. The van der Waals surface area contributed by atoms with Gasteiger partial charge in [-0.1, -0.05) is 35.1 Å². The maximum atomic E-state index is 13.1. The Balaban J connectivity index is 1.46. The summed E-state index contributed by atoms with van der Waals surface area (Å²) in [5.74, 6) is -0.593. The Labute approximate surface area is 201 Å². The third-order valence-corrected chi connectivity index (χ3v) is 10.3. The third-order valence-electron chi connectivity index (χ3n) is 5.67. The number of fused-ring (bicyclic) bond motifs is 1. The van der Waals surface area contributed by atoms with Crippen LogP contribution in [0, 0.1) is 12.8 Å². The molecule has 0 radical (unpaired) electrons. The first-order chi connectivity index (χ1) is 15.5. The summed E-state index contributed by atoms with van der Waals surface area (Å²) in [4.78, 5) is 16.8. The number of piperidine rings is 1. The van der Waals surface area contributed by atoms with E-state index in [0.717, 1.165) is 22.0 Å². The summed E-state index contributed by atoms with van der Waals surface area (Å²) in [6.07, 6.45) is 1.62. The largest absolute Gasteiger partial charge is 0.302 e. The highest BCUT2D eigenvalue weighted by Crippen LogP contribution is 2.33. The van der Waals surface area contributed by atoms with E-state index in [-0.39, 0.29) is 34.7 Å². The fourth-order valence-electron chi connectivity index (χ4n) is 3.83. The van der Waals surface area contributed by atoms with Gasteiger partial charge < -0.3 is 5.32 Å². The summed E-state index contributed by atoms with van der Waals surface area (Å²) in [7, 11) is -7.73. The van der Waals surface area contributed by atoms with Crippen LogP contribution in [0.3, 0.4) is 0 Å². The number of aromatic nitrogens is 1. The second-order valence-corrected chi connectivity index (χ2v) is 13.3. The Hall–Kier alpha value is -2.05. The van der Waals surface area contributed by atoms with Crippen LogP contribution in [-0.4, -0.2) is 51.4 Å². The summed E-state index contributed by atoms with van der Waals surface area (Å²) >= 11 is 7.50. The van der Waals surface area contributed by atoms with Crippen molar-refractivity contribution in [3.63, 3.8) is 0 Å². The van der Waals surface area contributed by atoms with Crippen molar-refractivity contribution in [2.75, 3.05) is 24.7 Å². The molecule has 2 heterocycles. The minimum Gasteiger partial charge on any atom is -0.302 e. The van der Waals surface area contributed by atoms with Gasteiger partial charge in [0.15, 0.2) is 15.0 Å². The molecule has 4 rings (SSSR count). The van der Waals surface area contributed by atoms with Crippen molar-refractivity contribution in [3.8, 4) is 0 Å². The number of nitrogens with one attached hydrogen (secondary N) is 1. The number of carbonyl (C=O) groups excluding carboxylic acids is 1. The minimum absolute atomic E-state index is 0.118. The van der Waals surface area contributed by atoms with Crippen molar-refractivity contribution in [2.45, 2.75) is 29.6 Å². The number of hydrogen-bond donors (Lipinski definition) is 1. The lowest BCUT2D eigenvalue weighted by Gasteiger charge is -2.30. The van der Waals surface area contributed by atoms with Crippen molar-refractivity contribution in [1.29, 1.82) is 0 Å². The van der Waals surface area contributed by atoms with E-state index < -0.39 is 19.9 Å². The van der Waals surface area contributed by atoms with E-state index in [4.69, 9.17) is 11.6 Å². The minimum atomic E-state index is -4.01. The van der Waals surface area contributed by atoms with Crippen molar-refractivity contribution in [1.82, 2.24) is 9.29 Å². The number of amides is 1. The van der Waals surface area contributed by atoms with Crippen LogP contribution in [0.2, 0.25) is 5.02 Å². The molecule has 0 atom stereocenters. The quantitative estimate of drug-likeness (QED) is 0.541. The Morgan fingerprint density at radius 2 is 1.73 bits per heavy atom. The first-order valence-electron chi connectivity index (χ1n) is 10.1. The number of thiazole rings is 1. The highest BCUT2D eigenvalue weighted by molar-refractivity contribution is 7.93. The summed E-state index contributed by atoms with van der Waals surface area (Å²) in [5.41, 5.74) is 1.59. The lowest BCUT2D eigenvalue weighted by Crippen LogP contribution is -2.41. The summed E-state index contributed by atoms with van der Waals surface area (Å²) in [5, 5.41) is 3.92. The molecule has 0 saturated carbocycles. The first-order valence-corrected chi connectivity index (χ1v) is 14.7. The van der Waals surface area contributed by atoms with Crippen LogP contribution in [0.5, 0.6) is 0 Å². The highest BCUT2D eigenvalue weighted by atomic mass is 35.5. The Kier molecular flexibility index (Phi) is 6.53. The molecule has 0 aliphatic carbocycles. The lowest BCUT2D eigenvalue weighted by atomic mass is 9.97. The molecule has 1 aromatic heterocycles. The average molecular weight is 528 g/mol. The van der Waals surface area contributed by atoms with Crippen molar-refractivity contribution in [3.05, 3.63) is 47.0 Å². The highest BCUT2D eigenvalue weighted by Gasteiger charge is 2.34. The lowest BCUT2D eigenvalue weighted by molar-refractivity contribution is -0.120. The summed E-state index contributed by atoms with van der Waals surface area (Å²) in [6.45, 7) is 2.11. The van der Waals surface area contributed by atoms with Gasteiger partial charge >= 0.3 is 0 Å². The monoisotopic (exact) mass is 527 g/mol. The van der Waals surface area contributed by atoms with Crippen LogP contribution >= 0.6 is 22.9 Å². The Bertz CT molecular complexity index is 1440. The van der Waals surface area contributed by atoms with Gasteiger partial charge in [-0.25, -0.2) is 21.8 Å². The number of benzene rings is 2. The van der Waals surface area contributed by atoms with Gasteiger partial charge in [-0.05, 0) is 49.6 Å². The molecule has 1 amide bonds. The molecule has 1 aliphatic heterocycles. The first kappa shape index (κ1) is 24.1. The van der Waals surface area contributed by atoms with Gasteiger partial charge in [0.2, 0.25) is 15.9 Å². The van der Waals surface area contributed by atoms with Gasteiger partial charge in [0.05, 0.1) is 15.1 Å². The maximum absolute atomic E-state index is 13.1. The molecular formula is C21H22ClN3O5S3. The number of nitrogens with zero attached hydrogens (tertiary/aromatic N) is 2. The van der Waals surface area contributed by atoms with Gasteiger partial charge in [-0.2, -0.15) is 4.31 Å². The van der Waals surface area contributed by atoms with Crippen LogP contribution in [0.25, 0.3) is 10.2 Å².